The predicted molar refractivity (Wildman–Crippen MR) is 137 cm³/mol. The largest absolute Gasteiger partial charge is 0.380 e. The average Bonchev–Trinajstić information content (AvgIpc) is 3.66. The molecule has 4 aromatic rings. The number of aromatic nitrogens is 4. The summed E-state index contributed by atoms with van der Waals surface area (Å²) in [6.45, 7) is 2.18. The van der Waals surface area contributed by atoms with E-state index in [0.717, 1.165) is 42.3 Å². The van der Waals surface area contributed by atoms with Gasteiger partial charge in [0.15, 0.2) is 0 Å². The molecule has 6 nitrogen and oxygen atoms in total. The smallest absolute Gasteiger partial charge is 0.135 e. The molecule has 2 aliphatic carbocycles. The molecular formula is C29H31F2N5O. The van der Waals surface area contributed by atoms with E-state index in [-0.39, 0.29) is 35.2 Å². The third-order valence-corrected chi connectivity index (χ3v) is 8.02. The molecule has 6 rings (SSSR count). The Morgan fingerprint density at radius 3 is 2.54 bits per heavy atom. The fourth-order valence-corrected chi connectivity index (χ4v) is 6.06. The molecule has 8 heteroatoms. The number of methoxy groups -OCH3 is 1. The van der Waals surface area contributed by atoms with Gasteiger partial charge in [0.1, 0.15) is 17.5 Å². The van der Waals surface area contributed by atoms with Gasteiger partial charge < -0.3 is 10.5 Å². The molecule has 3 heterocycles. The Kier molecular flexibility index (Phi) is 6.24. The van der Waals surface area contributed by atoms with E-state index >= 15 is 8.78 Å². The first kappa shape index (κ1) is 24.1. The molecule has 1 aromatic carbocycles. The molecule has 0 radical (unpaired) electrons. The summed E-state index contributed by atoms with van der Waals surface area (Å²) < 4.78 is 37.3. The van der Waals surface area contributed by atoms with Crippen molar-refractivity contribution in [3.05, 3.63) is 83.1 Å². The summed E-state index contributed by atoms with van der Waals surface area (Å²) in [6.07, 6.45) is 9.73. The summed E-state index contributed by atoms with van der Waals surface area (Å²) in [7, 11) is 1.73. The lowest BCUT2D eigenvalue weighted by Crippen LogP contribution is -2.45. The summed E-state index contributed by atoms with van der Waals surface area (Å²) in [5, 5.41) is 4.62. The van der Waals surface area contributed by atoms with Gasteiger partial charge in [0, 0.05) is 32.0 Å². The number of hydrogen-bond donors (Lipinski definition) is 1. The number of imidazole rings is 1. The number of benzene rings is 1. The van der Waals surface area contributed by atoms with Crippen molar-refractivity contribution in [2.45, 2.75) is 63.0 Å². The van der Waals surface area contributed by atoms with Crippen LogP contribution in [-0.2, 0) is 11.2 Å². The normalized spacial score (nSPS) is 24.0. The van der Waals surface area contributed by atoms with Gasteiger partial charge in [-0.3, -0.25) is 4.98 Å². The molecule has 192 valence electrons. The Morgan fingerprint density at radius 1 is 1.05 bits per heavy atom. The minimum absolute atomic E-state index is 0.0349. The van der Waals surface area contributed by atoms with Crippen LogP contribution < -0.4 is 5.73 Å². The molecule has 0 amide bonds. The van der Waals surface area contributed by atoms with E-state index in [0.29, 0.717) is 18.2 Å². The lowest BCUT2D eigenvalue weighted by molar-refractivity contribution is 0.00970. The molecular weight excluding hydrogens is 472 g/mol. The average molecular weight is 504 g/mol. The van der Waals surface area contributed by atoms with Crippen molar-refractivity contribution in [2.75, 3.05) is 7.11 Å². The molecule has 4 atom stereocenters. The molecule has 0 unspecified atom stereocenters. The highest BCUT2D eigenvalue weighted by molar-refractivity contribution is 5.63. The Balaban J connectivity index is 1.33. The van der Waals surface area contributed by atoms with Crippen LogP contribution in [0, 0.1) is 17.6 Å². The van der Waals surface area contributed by atoms with E-state index in [2.05, 4.69) is 28.1 Å². The van der Waals surface area contributed by atoms with Gasteiger partial charge in [-0.05, 0) is 90.5 Å². The first-order chi connectivity index (χ1) is 17.9. The topological polar surface area (TPSA) is 78.3 Å². The Bertz CT molecular complexity index is 1410. The van der Waals surface area contributed by atoms with Crippen LogP contribution in [0.3, 0.4) is 0 Å². The highest BCUT2D eigenvalue weighted by Crippen LogP contribution is 2.42. The molecule has 0 spiro atoms. The molecule has 0 bridgehead atoms. The summed E-state index contributed by atoms with van der Waals surface area (Å²) in [6, 6.07) is 8.36. The summed E-state index contributed by atoms with van der Waals surface area (Å²) >= 11 is 0. The number of hydrogen-bond acceptors (Lipinski definition) is 5. The van der Waals surface area contributed by atoms with Gasteiger partial charge in [0.2, 0.25) is 0 Å². The standard InChI is InChI=1S/C29H31F2N5O/c1-16-9-19(12-25(32)29(16)37-2)22-7-8-33-14-20(22)13-27-34-15-21-5-6-26(35-36(21)27)28-23(30)10-18(11-24(28)31)17-3-4-17/h5-8,10-11,14-17,19,25,29H,3-4,9,12-13,32H2,1-2H3/t16-,19+,25+,29-/m0/s1. The van der Waals surface area contributed by atoms with Crippen LogP contribution in [0.4, 0.5) is 8.78 Å². The van der Waals surface area contributed by atoms with Gasteiger partial charge in [0.25, 0.3) is 0 Å². The first-order valence-electron chi connectivity index (χ1n) is 13.0. The van der Waals surface area contributed by atoms with Crippen LogP contribution in [0.15, 0.2) is 48.9 Å². The third kappa shape index (κ3) is 4.53. The molecule has 2 aliphatic rings. The fourth-order valence-electron chi connectivity index (χ4n) is 6.06. The van der Waals surface area contributed by atoms with E-state index in [1.54, 1.807) is 30.0 Å². The van der Waals surface area contributed by atoms with Crippen LogP contribution in [-0.4, -0.2) is 38.8 Å². The SMILES string of the molecule is CO[C@@H]1[C@H](N)C[C@H](c2ccncc2Cc2ncc3ccc(-c4c(F)cc(C5CC5)cc4F)nn23)C[C@@H]1C. The number of fused-ring (bicyclic) bond motifs is 1. The molecule has 0 aliphatic heterocycles. The van der Waals surface area contributed by atoms with Crippen molar-refractivity contribution in [2.24, 2.45) is 11.7 Å². The van der Waals surface area contributed by atoms with Crippen molar-refractivity contribution in [1.82, 2.24) is 19.6 Å². The van der Waals surface area contributed by atoms with E-state index in [4.69, 9.17) is 10.5 Å². The zero-order valence-corrected chi connectivity index (χ0v) is 21.1. The number of nitrogens with zero attached hydrogens (tertiary/aromatic N) is 4. The van der Waals surface area contributed by atoms with Crippen molar-refractivity contribution >= 4 is 5.52 Å². The van der Waals surface area contributed by atoms with Crippen LogP contribution in [0.2, 0.25) is 0 Å². The highest BCUT2D eigenvalue weighted by Gasteiger charge is 2.35. The van der Waals surface area contributed by atoms with E-state index in [9.17, 15) is 0 Å². The second-order valence-electron chi connectivity index (χ2n) is 10.6. The summed E-state index contributed by atoms with van der Waals surface area (Å²) in [5.74, 6) is 0.419. The van der Waals surface area contributed by atoms with E-state index < -0.39 is 11.6 Å². The maximum Gasteiger partial charge on any atom is 0.135 e. The van der Waals surface area contributed by atoms with Crippen molar-refractivity contribution < 1.29 is 13.5 Å². The van der Waals surface area contributed by atoms with Crippen molar-refractivity contribution in [1.29, 1.82) is 0 Å². The fraction of sp³-hybridized carbons (Fsp3) is 0.414. The lowest BCUT2D eigenvalue weighted by Gasteiger charge is -2.38. The van der Waals surface area contributed by atoms with E-state index in [1.807, 2.05) is 12.4 Å². The quantitative estimate of drug-likeness (QED) is 0.382. The van der Waals surface area contributed by atoms with Crippen molar-refractivity contribution in [3.63, 3.8) is 0 Å². The van der Waals surface area contributed by atoms with Crippen LogP contribution in [0.1, 0.15) is 67.0 Å². The minimum Gasteiger partial charge on any atom is -0.380 e. The Morgan fingerprint density at radius 2 is 1.84 bits per heavy atom. The number of pyridine rings is 1. The Labute approximate surface area is 214 Å². The van der Waals surface area contributed by atoms with Gasteiger partial charge in [-0.15, -0.1) is 0 Å². The predicted octanol–water partition coefficient (Wildman–Crippen LogP) is 5.39. The molecule has 2 fully saturated rings. The van der Waals surface area contributed by atoms with E-state index in [1.165, 1.54) is 17.7 Å². The number of nitrogens with two attached hydrogens (primary N) is 1. The first-order valence-corrected chi connectivity index (χ1v) is 13.0. The monoisotopic (exact) mass is 503 g/mol. The maximum atomic E-state index is 15.0. The van der Waals surface area contributed by atoms with Gasteiger partial charge in [-0.2, -0.15) is 5.10 Å². The second-order valence-corrected chi connectivity index (χ2v) is 10.6. The molecule has 2 N–H and O–H groups in total. The minimum atomic E-state index is -0.581. The van der Waals surface area contributed by atoms with Crippen LogP contribution >= 0.6 is 0 Å². The lowest BCUT2D eigenvalue weighted by atomic mass is 9.74. The number of halogens is 2. The molecule has 0 saturated heterocycles. The number of ether oxygens (including phenoxy) is 1. The van der Waals surface area contributed by atoms with Gasteiger partial charge in [0.05, 0.1) is 29.1 Å². The summed E-state index contributed by atoms with van der Waals surface area (Å²) in [4.78, 5) is 8.97. The summed E-state index contributed by atoms with van der Waals surface area (Å²) in [5.41, 5.74) is 10.3. The highest BCUT2D eigenvalue weighted by atomic mass is 19.1. The second kappa shape index (κ2) is 9.58. The van der Waals surface area contributed by atoms with Gasteiger partial charge >= 0.3 is 0 Å². The Hall–Kier alpha value is -3.23. The zero-order valence-electron chi connectivity index (χ0n) is 21.1. The van der Waals surface area contributed by atoms with Gasteiger partial charge in [-0.1, -0.05) is 6.92 Å². The zero-order chi connectivity index (χ0) is 25.7. The maximum absolute atomic E-state index is 15.0. The molecule has 2 saturated carbocycles. The number of rotatable bonds is 6. The van der Waals surface area contributed by atoms with Crippen molar-refractivity contribution in [3.8, 4) is 11.3 Å². The third-order valence-electron chi connectivity index (χ3n) is 8.02. The van der Waals surface area contributed by atoms with Crippen LogP contribution in [0.25, 0.3) is 16.8 Å². The molecule has 3 aromatic heterocycles. The van der Waals surface area contributed by atoms with Crippen LogP contribution in [0.5, 0.6) is 0 Å². The molecule has 37 heavy (non-hydrogen) atoms. The van der Waals surface area contributed by atoms with Gasteiger partial charge in [-0.25, -0.2) is 18.3 Å².